The first-order chi connectivity index (χ1) is 6.81. The van der Waals surface area contributed by atoms with Gasteiger partial charge in [0.1, 0.15) is 0 Å². The van der Waals surface area contributed by atoms with Crippen LogP contribution in [0, 0.1) is 0 Å². The van der Waals surface area contributed by atoms with E-state index in [4.69, 9.17) is 4.74 Å². The van der Waals surface area contributed by atoms with Gasteiger partial charge in [0, 0.05) is 11.3 Å². The molecule has 2 aliphatic rings. The highest BCUT2D eigenvalue weighted by molar-refractivity contribution is 7.99. The second kappa shape index (κ2) is 4.84. The second-order valence-electron chi connectivity index (χ2n) is 4.19. The molecular weight excluding hydrogens is 198 g/mol. The lowest BCUT2D eigenvalue weighted by Crippen LogP contribution is -2.47. The number of nitrogens with one attached hydrogen (secondary N) is 1. The Kier molecular flexibility index (Phi) is 3.71. The van der Waals surface area contributed by atoms with Crippen LogP contribution < -0.4 is 5.32 Å². The highest BCUT2D eigenvalue weighted by Gasteiger charge is 2.33. The van der Waals surface area contributed by atoms with E-state index in [1.165, 1.54) is 19.3 Å². The monoisotopic (exact) mass is 217 g/mol. The lowest BCUT2D eigenvalue weighted by molar-refractivity contribution is 0.121. The van der Waals surface area contributed by atoms with Gasteiger partial charge >= 0.3 is 0 Å². The molecule has 4 unspecified atom stereocenters. The van der Waals surface area contributed by atoms with E-state index in [1.54, 1.807) is 0 Å². The lowest BCUT2D eigenvalue weighted by atomic mass is 10.1. The van der Waals surface area contributed by atoms with E-state index in [0.29, 0.717) is 19.3 Å². The molecule has 2 N–H and O–H groups in total. The zero-order valence-electron chi connectivity index (χ0n) is 8.61. The maximum Gasteiger partial charge on any atom is 0.0948 e. The summed E-state index contributed by atoms with van der Waals surface area (Å²) in [6.07, 6.45) is 5.73. The van der Waals surface area contributed by atoms with Crippen LogP contribution in [0.5, 0.6) is 0 Å². The van der Waals surface area contributed by atoms with E-state index < -0.39 is 0 Å². The van der Waals surface area contributed by atoms with Gasteiger partial charge in [-0.1, -0.05) is 6.42 Å². The Morgan fingerprint density at radius 3 is 2.79 bits per heavy atom. The average Bonchev–Trinajstić information content (AvgIpc) is 2.77. The fourth-order valence-electron chi connectivity index (χ4n) is 2.38. The molecule has 1 saturated carbocycles. The van der Waals surface area contributed by atoms with Gasteiger partial charge in [-0.2, -0.15) is 11.8 Å². The van der Waals surface area contributed by atoms with Gasteiger partial charge in [-0.15, -0.1) is 0 Å². The normalized spacial score (nSPS) is 43.3. The minimum Gasteiger partial charge on any atom is -0.389 e. The van der Waals surface area contributed by atoms with Crippen LogP contribution in [0.4, 0.5) is 0 Å². The van der Waals surface area contributed by atoms with Gasteiger partial charge in [-0.05, 0) is 19.1 Å². The number of hydrogen-bond donors (Lipinski definition) is 2. The van der Waals surface area contributed by atoms with Crippen molar-refractivity contribution in [2.24, 2.45) is 0 Å². The molecule has 3 nitrogen and oxygen atoms in total. The van der Waals surface area contributed by atoms with Crippen molar-refractivity contribution < 1.29 is 9.84 Å². The van der Waals surface area contributed by atoms with Crippen LogP contribution in [0.3, 0.4) is 0 Å². The highest BCUT2D eigenvalue weighted by Crippen LogP contribution is 2.29. The molecular formula is C10H19NO2S. The van der Waals surface area contributed by atoms with Crippen molar-refractivity contribution in [1.29, 1.82) is 0 Å². The van der Waals surface area contributed by atoms with Gasteiger partial charge in [-0.3, -0.25) is 0 Å². The van der Waals surface area contributed by atoms with E-state index in [-0.39, 0.29) is 12.1 Å². The molecule has 14 heavy (non-hydrogen) atoms. The molecule has 0 spiro atoms. The van der Waals surface area contributed by atoms with Gasteiger partial charge in [0.05, 0.1) is 25.4 Å². The molecule has 0 aromatic heterocycles. The first-order valence-electron chi connectivity index (χ1n) is 5.36. The van der Waals surface area contributed by atoms with Crippen LogP contribution >= 0.6 is 11.8 Å². The number of aliphatic hydroxyl groups is 1. The summed E-state index contributed by atoms with van der Waals surface area (Å²) in [5.74, 6) is 0. The minimum absolute atomic E-state index is 0.160. The third kappa shape index (κ3) is 2.24. The predicted molar refractivity (Wildman–Crippen MR) is 58.7 cm³/mol. The highest BCUT2D eigenvalue weighted by atomic mass is 32.2. The zero-order chi connectivity index (χ0) is 9.97. The van der Waals surface area contributed by atoms with Crippen LogP contribution in [0.1, 0.15) is 19.3 Å². The van der Waals surface area contributed by atoms with Crippen LogP contribution in [0.25, 0.3) is 0 Å². The molecule has 4 heteroatoms. The van der Waals surface area contributed by atoms with Crippen LogP contribution in [-0.4, -0.2) is 48.0 Å². The molecule has 2 fully saturated rings. The number of aliphatic hydroxyl groups excluding tert-OH is 1. The molecule has 1 aliphatic carbocycles. The van der Waals surface area contributed by atoms with Gasteiger partial charge < -0.3 is 15.2 Å². The molecule has 0 amide bonds. The Bertz CT molecular complexity index is 191. The summed E-state index contributed by atoms with van der Waals surface area (Å²) in [5.41, 5.74) is 0. The third-order valence-electron chi connectivity index (χ3n) is 3.23. The van der Waals surface area contributed by atoms with Crippen molar-refractivity contribution in [3.05, 3.63) is 0 Å². The Morgan fingerprint density at radius 2 is 2.14 bits per heavy atom. The summed E-state index contributed by atoms with van der Waals surface area (Å²) in [4.78, 5) is 0. The van der Waals surface area contributed by atoms with Crippen LogP contribution in [0.15, 0.2) is 0 Å². The Labute approximate surface area is 89.6 Å². The smallest absolute Gasteiger partial charge is 0.0948 e. The van der Waals surface area contributed by atoms with E-state index in [2.05, 4.69) is 11.6 Å². The van der Waals surface area contributed by atoms with Crippen molar-refractivity contribution in [2.75, 3.05) is 19.5 Å². The summed E-state index contributed by atoms with van der Waals surface area (Å²) in [5, 5.41) is 13.9. The summed E-state index contributed by atoms with van der Waals surface area (Å²) >= 11 is 1.94. The molecule has 4 atom stereocenters. The first-order valence-corrected chi connectivity index (χ1v) is 6.64. The maximum atomic E-state index is 9.61. The second-order valence-corrected chi connectivity index (χ2v) is 5.27. The largest absolute Gasteiger partial charge is 0.389 e. The SMILES string of the molecule is CSC1CCCC1NC1COCC1O. The van der Waals surface area contributed by atoms with Gasteiger partial charge in [0.2, 0.25) is 0 Å². The fraction of sp³-hybridized carbons (Fsp3) is 1.00. The molecule has 0 aromatic carbocycles. The van der Waals surface area contributed by atoms with Crippen molar-refractivity contribution in [1.82, 2.24) is 5.32 Å². The van der Waals surface area contributed by atoms with E-state index in [9.17, 15) is 5.11 Å². The quantitative estimate of drug-likeness (QED) is 0.727. The predicted octanol–water partition coefficient (Wildman–Crippen LogP) is 0.620. The third-order valence-corrected chi connectivity index (χ3v) is 4.40. The van der Waals surface area contributed by atoms with Crippen molar-refractivity contribution in [2.45, 2.75) is 42.7 Å². The van der Waals surface area contributed by atoms with Crippen molar-refractivity contribution in [3.8, 4) is 0 Å². The minimum atomic E-state index is -0.307. The zero-order valence-corrected chi connectivity index (χ0v) is 9.43. The van der Waals surface area contributed by atoms with Crippen LogP contribution in [-0.2, 0) is 4.74 Å². The number of thioether (sulfide) groups is 1. The Balaban J connectivity index is 1.83. The standard InChI is InChI=1S/C10H19NO2S/c1-14-10-4-2-3-7(10)11-8-5-13-6-9(8)12/h7-12H,2-6H2,1H3. The lowest BCUT2D eigenvalue weighted by Gasteiger charge is -2.24. The van der Waals surface area contributed by atoms with E-state index in [0.717, 1.165) is 5.25 Å². The summed E-state index contributed by atoms with van der Waals surface area (Å²) in [6.45, 7) is 1.16. The molecule has 0 bridgehead atoms. The molecule has 1 heterocycles. The van der Waals surface area contributed by atoms with Gasteiger partial charge in [0.25, 0.3) is 0 Å². The average molecular weight is 217 g/mol. The van der Waals surface area contributed by atoms with Gasteiger partial charge in [-0.25, -0.2) is 0 Å². The molecule has 82 valence electrons. The van der Waals surface area contributed by atoms with Crippen molar-refractivity contribution >= 4 is 11.8 Å². The topological polar surface area (TPSA) is 41.5 Å². The van der Waals surface area contributed by atoms with E-state index >= 15 is 0 Å². The van der Waals surface area contributed by atoms with Gasteiger partial charge in [0.15, 0.2) is 0 Å². The molecule has 2 rings (SSSR count). The molecule has 0 radical (unpaired) electrons. The Morgan fingerprint density at radius 1 is 1.29 bits per heavy atom. The van der Waals surface area contributed by atoms with Crippen LogP contribution in [0.2, 0.25) is 0 Å². The maximum absolute atomic E-state index is 9.61. The van der Waals surface area contributed by atoms with E-state index in [1.807, 2.05) is 11.8 Å². The molecule has 1 aliphatic heterocycles. The number of rotatable bonds is 3. The van der Waals surface area contributed by atoms with Crippen molar-refractivity contribution in [3.63, 3.8) is 0 Å². The summed E-state index contributed by atoms with van der Waals surface area (Å²) < 4.78 is 5.23. The number of hydrogen-bond acceptors (Lipinski definition) is 4. The molecule has 0 aromatic rings. The Hall–Kier alpha value is 0.230. The fourth-order valence-corrected chi connectivity index (χ4v) is 3.32. The summed E-state index contributed by atoms with van der Waals surface area (Å²) in [7, 11) is 0. The first kappa shape index (κ1) is 10.7. The summed E-state index contributed by atoms with van der Waals surface area (Å²) in [6, 6.07) is 0.735. The molecule has 1 saturated heterocycles. The number of ether oxygens (including phenoxy) is 1.